The van der Waals surface area contributed by atoms with Crippen LogP contribution in [0.5, 0.6) is 11.5 Å². The monoisotopic (exact) mass is 412 g/mol. The van der Waals surface area contributed by atoms with Crippen LogP contribution < -0.4 is 20.1 Å². The second kappa shape index (κ2) is 10.4. The molecule has 0 bridgehead atoms. The van der Waals surface area contributed by atoms with E-state index in [9.17, 15) is 14.4 Å². The molecule has 2 aromatic carbocycles. The summed E-state index contributed by atoms with van der Waals surface area (Å²) in [5.74, 6) is 0.102. The second-order valence-corrected chi connectivity index (χ2v) is 7.09. The molecule has 2 rings (SSSR count). The summed E-state index contributed by atoms with van der Waals surface area (Å²) in [6, 6.07) is 8.83. The van der Waals surface area contributed by atoms with Gasteiger partial charge < -0.3 is 20.1 Å². The molecule has 0 spiro atoms. The summed E-state index contributed by atoms with van der Waals surface area (Å²) >= 11 is 0. The van der Waals surface area contributed by atoms with Crippen LogP contribution in [0.1, 0.15) is 39.9 Å². The van der Waals surface area contributed by atoms with Crippen LogP contribution in [0.25, 0.3) is 0 Å². The van der Waals surface area contributed by atoms with E-state index >= 15 is 0 Å². The summed E-state index contributed by atoms with van der Waals surface area (Å²) in [5, 5.41) is 5.38. The molecule has 0 atom stereocenters. The minimum Gasteiger partial charge on any atom is -0.493 e. The number of ether oxygens (including phenoxy) is 2. The summed E-state index contributed by atoms with van der Waals surface area (Å²) in [6.45, 7) is 5.69. The Balaban J connectivity index is 1.83. The van der Waals surface area contributed by atoms with Gasteiger partial charge in [0.2, 0.25) is 11.8 Å². The molecule has 0 heterocycles. The number of aryl methyl sites for hydroxylation is 3. The molecule has 2 N–H and O–H groups in total. The van der Waals surface area contributed by atoms with Crippen molar-refractivity contribution in [3.05, 3.63) is 52.6 Å². The molecule has 7 heteroatoms. The van der Waals surface area contributed by atoms with Gasteiger partial charge in [0.05, 0.1) is 20.8 Å². The molecule has 2 amide bonds. The molecule has 30 heavy (non-hydrogen) atoms. The first-order valence-electron chi connectivity index (χ1n) is 9.64. The zero-order valence-corrected chi connectivity index (χ0v) is 18.0. The van der Waals surface area contributed by atoms with Gasteiger partial charge in [0.15, 0.2) is 17.3 Å². The van der Waals surface area contributed by atoms with Crippen molar-refractivity contribution in [3.8, 4) is 11.5 Å². The van der Waals surface area contributed by atoms with E-state index < -0.39 is 0 Å². The van der Waals surface area contributed by atoms with E-state index in [1.165, 1.54) is 14.2 Å². The van der Waals surface area contributed by atoms with Crippen LogP contribution in [-0.2, 0) is 9.59 Å². The van der Waals surface area contributed by atoms with Crippen LogP contribution in [0.3, 0.4) is 0 Å². The number of benzene rings is 2. The van der Waals surface area contributed by atoms with Gasteiger partial charge in [0.25, 0.3) is 0 Å². The standard InChI is InChI=1S/C23H28N2O5/c1-14-10-15(2)23(16(3)11-14)25-22(28)13-24-21(27)9-7-18(26)17-6-8-19(29-4)20(12-17)30-5/h6,8,10-12H,7,9,13H2,1-5H3,(H,24,27)(H,25,28). The lowest BCUT2D eigenvalue weighted by molar-refractivity contribution is -0.124. The highest BCUT2D eigenvalue weighted by molar-refractivity contribution is 5.99. The largest absolute Gasteiger partial charge is 0.493 e. The van der Waals surface area contributed by atoms with Crippen molar-refractivity contribution in [1.82, 2.24) is 5.32 Å². The smallest absolute Gasteiger partial charge is 0.243 e. The SMILES string of the molecule is COc1ccc(C(=O)CCC(=O)NCC(=O)Nc2c(C)cc(C)cc2C)cc1OC. The second-order valence-electron chi connectivity index (χ2n) is 7.09. The summed E-state index contributed by atoms with van der Waals surface area (Å²) in [4.78, 5) is 36.6. The molecule has 0 unspecified atom stereocenters. The van der Waals surface area contributed by atoms with Crippen molar-refractivity contribution in [2.75, 3.05) is 26.1 Å². The normalized spacial score (nSPS) is 10.3. The molecule has 0 fully saturated rings. The third-order valence-corrected chi connectivity index (χ3v) is 4.67. The van der Waals surface area contributed by atoms with Gasteiger partial charge in [-0.3, -0.25) is 14.4 Å². The Morgan fingerprint density at radius 1 is 0.833 bits per heavy atom. The van der Waals surface area contributed by atoms with E-state index in [0.29, 0.717) is 17.1 Å². The Morgan fingerprint density at radius 3 is 2.07 bits per heavy atom. The summed E-state index contributed by atoms with van der Waals surface area (Å²) in [7, 11) is 3.01. The van der Waals surface area contributed by atoms with Crippen molar-refractivity contribution in [1.29, 1.82) is 0 Å². The third kappa shape index (κ3) is 6.07. The summed E-state index contributed by atoms with van der Waals surface area (Å²) < 4.78 is 10.3. The average molecular weight is 412 g/mol. The maximum Gasteiger partial charge on any atom is 0.243 e. The van der Waals surface area contributed by atoms with Crippen LogP contribution in [0.2, 0.25) is 0 Å². The molecule has 0 aliphatic carbocycles. The van der Waals surface area contributed by atoms with Crippen LogP contribution in [-0.4, -0.2) is 38.4 Å². The van der Waals surface area contributed by atoms with E-state index in [1.54, 1.807) is 18.2 Å². The lowest BCUT2D eigenvalue weighted by atomic mass is 10.1. The Hall–Kier alpha value is -3.35. The first-order chi connectivity index (χ1) is 14.2. The fraction of sp³-hybridized carbons (Fsp3) is 0.348. The fourth-order valence-corrected chi connectivity index (χ4v) is 3.21. The summed E-state index contributed by atoms with van der Waals surface area (Å²) in [6.07, 6.45) is 0.0160. The molecule has 160 valence electrons. The van der Waals surface area contributed by atoms with Gasteiger partial charge in [-0.05, 0) is 50.1 Å². The van der Waals surface area contributed by atoms with Crippen LogP contribution >= 0.6 is 0 Å². The van der Waals surface area contributed by atoms with Gasteiger partial charge >= 0.3 is 0 Å². The highest BCUT2D eigenvalue weighted by atomic mass is 16.5. The number of Topliss-reactive ketones (excluding diaryl/α,β-unsaturated/α-hetero) is 1. The molecular weight excluding hydrogens is 384 g/mol. The quantitative estimate of drug-likeness (QED) is 0.616. The number of ketones is 1. The van der Waals surface area contributed by atoms with Crippen molar-refractivity contribution < 1.29 is 23.9 Å². The Kier molecular flexibility index (Phi) is 7.98. The zero-order chi connectivity index (χ0) is 22.3. The lowest BCUT2D eigenvalue weighted by Gasteiger charge is -2.13. The molecule has 0 saturated carbocycles. The molecule has 0 saturated heterocycles. The highest BCUT2D eigenvalue weighted by Gasteiger charge is 2.14. The number of carbonyl (C=O) groups is 3. The number of methoxy groups -OCH3 is 2. The van der Waals surface area contributed by atoms with Gasteiger partial charge in [-0.2, -0.15) is 0 Å². The number of anilines is 1. The van der Waals surface area contributed by atoms with E-state index in [4.69, 9.17) is 9.47 Å². The number of amides is 2. The minimum atomic E-state index is -0.365. The number of nitrogens with one attached hydrogen (secondary N) is 2. The zero-order valence-electron chi connectivity index (χ0n) is 18.0. The van der Waals surface area contributed by atoms with Crippen LogP contribution in [0, 0.1) is 20.8 Å². The minimum absolute atomic E-state index is 0.0109. The van der Waals surface area contributed by atoms with E-state index in [0.717, 1.165) is 22.4 Å². The number of hydrogen-bond donors (Lipinski definition) is 2. The van der Waals surface area contributed by atoms with E-state index in [2.05, 4.69) is 10.6 Å². The van der Waals surface area contributed by atoms with Crippen molar-refractivity contribution in [2.45, 2.75) is 33.6 Å². The Morgan fingerprint density at radius 2 is 1.47 bits per heavy atom. The van der Waals surface area contributed by atoms with Gasteiger partial charge in [0, 0.05) is 24.1 Å². The predicted molar refractivity (Wildman–Crippen MR) is 115 cm³/mol. The van der Waals surface area contributed by atoms with Crippen LogP contribution in [0.4, 0.5) is 5.69 Å². The van der Waals surface area contributed by atoms with Gasteiger partial charge in [0.1, 0.15) is 0 Å². The molecule has 2 aromatic rings. The van der Waals surface area contributed by atoms with Crippen molar-refractivity contribution in [2.24, 2.45) is 0 Å². The average Bonchev–Trinajstić information content (AvgIpc) is 2.72. The molecular formula is C23H28N2O5. The molecule has 0 aromatic heterocycles. The van der Waals surface area contributed by atoms with E-state index in [1.807, 2.05) is 32.9 Å². The van der Waals surface area contributed by atoms with Gasteiger partial charge in [-0.25, -0.2) is 0 Å². The van der Waals surface area contributed by atoms with Gasteiger partial charge in [-0.15, -0.1) is 0 Å². The maximum atomic E-state index is 12.3. The first kappa shape index (κ1) is 22.9. The van der Waals surface area contributed by atoms with E-state index in [-0.39, 0.29) is 37.0 Å². The fourth-order valence-electron chi connectivity index (χ4n) is 3.21. The number of rotatable bonds is 9. The van der Waals surface area contributed by atoms with Crippen molar-refractivity contribution >= 4 is 23.3 Å². The van der Waals surface area contributed by atoms with Crippen molar-refractivity contribution in [3.63, 3.8) is 0 Å². The molecule has 0 aliphatic rings. The topological polar surface area (TPSA) is 93.7 Å². The molecule has 0 aliphatic heterocycles. The maximum absolute atomic E-state index is 12.3. The predicted octanol–water partition coefficient (Wildman–Crippen LogP) is 3.35. The number of carbonyl (C=O) groups excluding carboxylic acids is 3. The third-order valence-electron chi connectivity index (χ3n) is 4.67. The lowest BCUT2D eigenvalue weighted by Crippen LogP contribution is -2.33. The number of hydrogen-bond acceptors (Lipinski definition) is 5. The molecule has 7 nitrogen and oxygen atoms in total. The Bertz CT molecular complexity index is 930. The Labute approximate surface area is 176 Å². The molecule has 0 radical (unpaired) electrons. The highest BCUT2D eigenvalue weighted by Crippen LogP contribution is 2.28. The summed E-state index contributed by atoms with van der Waals surface area (Å²) in [5.41, 5.74) is 4.24. The van der Waals surface area contributed by atoms with Crippen LogP contribution in [0.15, 0.2) is 30.3 Å². The first-order valence-corrected chi connectivity index (χ1v) is 9.64. The van der Waals surface area contributed by atoms with Gasteiger partial charge in [-0.1, -0.05) is 17.7 Å².